The van der Waals surface area contributed by atoms with Crippen LogP contribution in [0.15, 0.2) is 23.8 Å². The Morgan fingerprint density at radius 3 is 2.59 bits per heavy atom. The fraction of sp³-hybridized carbons (Fsp3) is 0.720. The molecular formula is C25H34O7. The number of carbonyl (C=O) groups is 3. The number of hydrogen-bond acceptors (Lipinski definition) is 7. The van der Waals surface area contributed by atoms with Crippen LogP contribution in [-0.2, 0) is 23.8 Å². The second-order valence-electron chi connectivity index (χ2n) is 10.1. The van der Waals surface area contributed by atoms with E-state index < -0.39 is 35.1 Å². The lowest BCUT2D eigenvalue weighted by Crippen LogP contribution is -2.57. The molecule has 32 heavy (non-hydrogen) atoms. The van der Waals surface area contributed by atoms with Gasteiger partial charge in [-0.3, -0.25) is 9.59 Å². The van der Waals surface area contributed by atoms with Gasteiger partial charge in [-0.25, -0.2) is 4.79 Å². The topological polar surface area (TPSA) is 99.1 Å². The molecule has 0 bridgehead atoms. The van der Waals surface area contributed by atoms with Gasteiger partial charge in [0.15, 0.2) is 5.78 Å². The number of allylic oxidation sites excluding steroid dienone is 4. The van der Waals surface area contributed by atoms with Crippen molar-refractivity contribution >= 4 is 17.9 Å². The molecule has 4 aliphatic rings. The van der Waals surface area contributed by atoms with Crippen molar-refractivity contribution in [1.82, 2.24) is 0 Å². The summed E-state index contributed by atoms with van der Waals surface area (Å²) in [5.41, 5.74) is 0.112. The number of aliphatic hydroxyl groups excluding tert-OH is 1. The first-order chi connectivity index (χ1) is 15.2. The van der Waals surface area contributed by atoms with E-state index in [-0.39, 0.29) is 42.7 Å². The Balaban J connectivity index is 1.70. The van der Waals surface area contributed by atoms with Gasteiger partial charge in [-0.15, -0.1) is 0 Å². The van der Waals surface area contributed by atoms with E-state index in [4.69, 9.17) is 14.2 Å². The fourth-order valence-electron chi connectivity index (χ4n) is 7.27. The zero-order chi connectivity index (χ0) is 23.3. The number of esters is 1. The summed E-state index contributed by atoms with van der Waals surface area (Å²) >= 11 is 0. The Hall–Kier alpha value is -2.15. The highest BCUT2D eigenvalue weighted by Gasteiger charge is 2.66. The molecule has 0 aromatic carbocycles. The van der Waals surface area contributed by atoms with Gasteiger partial charge in [-0.05, 0) is 63.5 Å². The molecule has 7 heteroatoms. The molecule has 0 aliphatic heterocycles. The Bertz CT molecular complexity index is 860. The number of fused-ring (bicyclic) bond motifs is 5. The van der Waals surface area contributed by atoms with E-state index in [1.54, 1.807) is 26.0 Å². The number of aliphatic hydroxyl groups is 1. The number of ketones is 1. The lowest BCUT2D eigenvalue weighted by molar-refractivity contribution is -0.157. The molecule has 1 N–H and O–H groups in total. The summed E-state index contributed by atoms with van der Waals surface area (Å²) in [5.74, 6) is -0.806. The summed E-state index contributed by atoms with van der Waals surface area (Å²) < 4.78 is 16.1. The molecule has 0 aromatic heterocycles. The van der Waals surface area contributed by atoms with E-state index in [0.29, 0.717) is 12.8 Å². The third kappa shape index (κ3) is 3.49. The standard InChI is InChI=1S/C25H34O7/c1-5-30-22(28)17-12-18-16-8-7-14-11-15(26)9-10-24(14,3)20(16)19(27)13-25(18,4)21(17)32-23(29)31-6-2/h9-11,16-21,27H,5-8,12-13H2,1-4H3/t16-,17?,18-,19?,20-,21-,24-,25-/m0/s1. The third-order valence-corrected chi connectivity index (χ3v) is 8.53. The molecule has 4 aliphatic carbocycles. The van der Waals surface area contributed by atoms with Crippen molar-refractivity contribution in [2.24, 2.45) is 34.5 Å². The maximum absolute atomic E-state index is 12.9. The molecule has 176 valence electrons. The smallest absolute Gasteiger partial charge is 0.466 e. The summed E-state index contributed by atoms with van der Waals surface area (Å²) in [7, 11) is 0. The molecule has 3 fully saturated rings. The van der Waals surface area contributed by atoms with E-state index >= 15 is 0 Å². The van der Waals surface area contributed by atoms with Gasteiger partial charge in [0.05, 0.1) is 25.2 Å². The Morgan fingerprint density at radius 1 is 1.19 bits per heavy atom. The second-order valence-corrected chi connectivity index (χ2v) is 10.1. The lowest BCUT2D eigenvalue weighted by Gasteiger charge is -2.58. The van der Waals surface area contributed by atoms with Crippen molar-refractivity contribution in [1.29, 1.82) is 0 Å². The zero-order valence-electron chi connectivity index (χ0n) is 19.3. The number of hydrogen-bond donors (Lipinski definition) is 1. The minimum absolute atomic E-state index is 0.00259. The van der Waals surface area contributed by atoms with E-state index in [2.05, 4.69) is 6.92 Å². The van der Waals surface area contributed by atoms with E-state index in [1.807, 2.05) is 13.0 Å². The average molecular weight is 447 g/mol. The second kappa shape index (κ2) is 8.32. The molecule has 0 radical (unpaired) electrons. The van der Waals surface area contributed by atoms with Gasteiger partial charge in [0.2, 0.25) is 0 Å². The maximum atomic E-state index is 12.9. The highest BCUT2D eigenvalue weighted by Crippen LogP contribution is 2.66. The van der Waals surface area contributed by atoms with Crippen molar-refractivity contribution < 1.29 is 33.7 Å². The molecule has 0 saturated heterocycles. The molecule has 7 nitrogen and oxygen atoms in total. The van der Waals surface area contributed by atoms with Crippen LogP contribution in [-0.4, -0.2) is 48.4 Å². The monoisotopic (exact) mass is 446 g/mol. The third-order valence-electron chi connectivity index (χ3n) is 8.53. The zero-order valence-corrected chi connectivity index (χ0v) is 19.3. The first-order valence-electron chi connectivity index (χ1n) is 11.8. The van der Waals surface area contributed by atoms with Crippen LogP contribution < -0.4 is 0 Å². The van der Waals surface area contributed by atoms with Gasteiger partial charge < -0.3 is 19.3 Å². The quantitative estimate of drug-likeness (QED) is 0.659. The van der Waals surface area contributed by atoms with Gasteiger partial charge >= 0.3 is 12.1 Å². The fourth-order valence-corrected chi connectivity index (χ4v) is 7.27. The van der Waals surface area contributed by atoms with Crippen LogP contribution >= 0.6 is 0 Å². The summed E-state index contributed by atoms with van der Waals surface area (Å²) in [6.07, 6.45) is 5.68. The van der Waals surface area contributed by atoms with Gasteiger partial charge in [-0.2, -0.15) is 0 Å². The molecule has 0 amide bonds. The number of rotatable bonds is 4. The van der Waals surface area contributed by atoms with Crippen molar-refractivity contribution in [3.8, 4) is 0 Å². The Morgan fingerprint density at radius 2 is 1.91 bits per heavy atom. The summed E-state index contributed by atoms with van der Waals surface area (Å²) in [5, 5.41) is 11.4. The van der Waals surface area contributed by atoms with Crippen molar-refractivity contribution in [2.75, 3.05) is 13.2 Å². The molecule has 0 spiro atoms. The first-order valence-corrected chi connectivity index (χ1v) is 11.8. The summed E-state index contributed by atoms with van der Waals surface area (Å²) in [6, 6.07) is 0. The minimum Gasteiger partial charge on any atom is -0.466 e. The van der Waals surface area contributed by atoms with Crippen molar-refractivity contribution in [2.45, 2.75) is 65.6 Å². The largest absolute Gasteiger partial charge is 0.508 e. The first kappa shape index (κ1) is 23.0. The normalized spacial score (nSPS) is 42.3. The molecule has 0 heterocycles. The van der Waals surface area contributed by atoms with E-state index in [9.17, 15) is 19.5 Å². The van der Waals surface area contributed by atoms with Crippen LogP contribution in [0.25, 0.3) is 0 Å². The van der Waals surface area contributed by atoms with Gasteiger partial charge in [-0.1, -0.05) is 25.5 Å². The van der Waals surface area contributed by atoms with Gasteiger partial charge in [0.25, 0.3) is 0 Å². The van der Waals surface area contributed by atoms with Crippen LogP contribution in [0.4, 0.5) is 4.79 Å². The SMILES string of the molecule is CCOC(=O)O[C@H]1C(C(=O)OCC)C[C@H]2[C@@H]3CCC4=CC(=O)C=C[C@]4(C)[C@@H]3C(O)C[C@]12C. The van der Waals surface area contributed by atoms with Crippen LogP contribution in [0.3, 0.4) is 0 Å². The van der Waals surface area contributed by atoms with E-state index in [1.165, 1.54) is 0 Å². The summed E-state index contributed by atoms with van der Waals surface area (Å²) in [6.45, 7) is 8.02. The maximum Gasteiger partial charge on any atom is 0.508 e. The number of carbonyl (C=O) groups excluding carboxylic acids is 3. The molecule has 8 atom stereocenters. The Labute approximate surface area is 189 Å². The highest BCUT2D eigenvalue weighted by molar-refractivity contribution is 6.01. The predicted octanol–water partition coefficient (Wildman–Crippen LogP) is 3.60. The predicted molar refractivity (Wildman–Crippen MR) is 115 cm³/mol. The molecule has 3 saturated carbocycles. The molecular weight excluding hydrogens is 412 g/mol. The van der Waals surface area contributed by atoms with Crippen molar-refractivity contribution in [3.05, 3.63) is 23.8 Å². The summed E-state index contributed by atoms with van der Waals surface area (Å²) in [4.78, 5) is 37.1. The van der Waals surface area contributed by atoms with Crippen LogP contribution in [0.5, 0.6) is 0 Å². The van der Waals surface area contributed by atoms with Crippen LogP contribution in [0.1, 0.15) is 53.4 Å². The van der Waals surface area contributed by atoms with Crippen molar-refractivity contribution in [3.63, 3.8) is 0 Å². The van der Waals surface area contributed by atoms with Crippen LogP contribution in [0.2, 0.25) is 0 Å². The minimum atomic E-state index is -0.792. The van der Waals surface area contributed by atoms with Gasteiger partial charge in [0.1, 0.15) is 6.10 Å². The highest BCUT2D eigenvalue weighted by atomic mass is 16.7. The molecule has 4 rings (SSSR count). The molecule has 2 unspecified atom stereocenters. The lowest BCUT2D eigenvalue weighted by atomic mass is 9.47. The average Bonchev–Trinajstić information content (AvgIpc) is 3.00. The van der Waals surface area contributed by atoms with Gasteiger partial charge in [0, 0.05) is 16.7 Å². The number of ether oxygens (including phenoxy) is 3. The van der Waals surface area contributed by atoms with Crippen LogP contribution in [0, 0.1) is 34.5 Å². The molecule has 0 aromatic rings. The van der Waals surface area contributed by atoms with E-state index in [0.717, 1.165) is 18.4 Å². The Kier molecular flexibility index (Phi) is 5.99.